The van der Waals surface area contributed by atoms with E-state index in [9.17, 15) is 9.59 Å². The zero-order valence-corrected chi connectivity index (χ0v) is 17.8. The lowest BCUT2D eigenvalue weighted by Crippen LogP contribution is -2.40. The number of benzene rings is 1. The Morgan fingerprint density at radius 2 is 2.17 bits per heavy atom. The van der Waals surface area contributed by atoms with E-state index in [1.165, 1.54) is 29.5 Å². The number of anilines is 1. The Labute approximate surface area is 177 Å². The van der Waals surface area contributed by atoms with Crippen molar-refractivity contribution in [2.24, 2.45) is 5.92 Å². The van der Waals surface area contributed by atoms with Gasteiger partial charge < -0.3 is 19.7 Å². The van der Waals surface area contributed by atoms with Gasteiger partial charge in [-0.2, -0.15) is 0 Å². The molecule has 2 aliphatic rings. The first kappa shape index (κ1) is 20.0. The van der Waals surface area contributed by atoms with Gasteiger partial charge in [-0.3, -0.25) is 9.59 Å². The van der Waals surface area contributed by atoms with Crippen LogP contribution in [0.3, 0.4) is 0 Å². The number of rotatable bonds is 6. The summed E-state index contributed by atoms with van der Waals surface area (Å²) < 4.78 is 10.7. The van der Waals surface area contributed by atoms with Gasteiger partial charge in [0.25, 0.3) is 0 Å². The van der Waals surface area contributed by atoms with Gasteiger partial charge in [0.15, 0.2) is 16.6 Å². The lowest BCUT2D eigenvalue weighted by atomic mass is 10.0. The average molecular weight is 434 g/mol. The van der Waals surface area contributed by atoms with E-state index in [-0.39, 0.29) is 24.4 Å². The number of piperidine rings is 1. The second kappa shape index (κ2) is 9.04. The van der Waals surface area contributed by atoms with Gasteiger partial charge in [0.2, 0.25) is 18.6 Å². The summed E-state index contributed by atoms with van der Waals surface area (Å²) in [4.78, 5) is 30.9. The molecule has 0 aliphatic carbocycles. The molecule has 0 bridgehead atoms. The number of ether oxygens (including phenoxy) is 2. The monoisotopic (exact) mass is 433 g/mol. The molecule has 0 radical (unpaired) electrons. The van der Waals surface area contributed by atoms with Crippen LogP contribution in [0.1, 0.15) is 19.8 Å². The molecule has 0 saturated carbocycles. The molecule has 1 fully saturated rings. The summed E-state index contributed by atoms with van der Waals surface area (Å²) in [6.45, 7) is 4.06. The van der Waals surface area contributed by atoms with Gasteiger partial charge in [-0.1, -0.05) is 6.92 Å². The van der Waals surface area contributed by atoms with Crippen molar-refractivity contribution in [3.05, 3.63) is 23.6 Å². The highest BCUT2D eigenvalue weighted by Gasteiger charge is 2.21. The maximum absolute atomic E-state index is 12.3. The maximum atomic E-state index is 12.3. The van der Waals surface area contributed by atoms with Crippen LogP contribution in [0.4, 0.5) is 5.13 Å². The molecule has 2 aliphatic heterocycles. The molecule has 29 heavy (non-hydrogen) atoms. The first-order valence-electron chi connectivity index (χ1n) is 9.59. The molecule has 1 unspecified atom stereocenters. The van der Waals surface area contributed by atoms with Crippen molar-refractivity contribution in [2.45, 2.75) is 19.8 Å². The van der Waals surface area contributed by atoms with E-state index in [4.69, 9.17) is 9.47 Å². The predicted molar refractivity (Wildman–Crippen MR) is 115 cm³/mol. The first-order chi connectivity index (χ1) is 14.1. The maximum Gasteiger partial charge on any atom is 0.236 e. The average Bonchev–Trinajstić information content (AvgIpc) is 3.36. The van der Waals surface area contributed by atoms with Gasteiger partial charge in [-0.05, 0) is 37.0 Å². The van der Waals surface area contributed by atoms with Gasteiger partial charge in [0.1, 0.15) is 0 Å². The molecule has 1 aromatic carbocycles. The predicted octanol–water partition coefficient (Wildman–Crippen LogP) is 3.47. The molecule has 154 valence electrons. The fraction of sp³-hybridized carbons (Fsp3) is 0.450. The number of hydrogen-bond acceptors (Lipinski definition) is 7. The Bertz CT molecular complexity index is 902. The van der Waals surface area contributed by atoms with Crippen LogP contribution >= 0.6 is 23.1 Å². The smallest absolute Gasteiger partial charge is 0.236 e. The summed E-state index contributed by atoms with van der Waals surface area (Å²) in [6, 6.07) is 5.65. The number of aromatic nitrogens is 1. The van der Waals surface area contributed by atoms with E-state index in [1.54, 1.807) is 0 Å². The summed E-state index contributed by atoms with van der Waals surface area (Å²) in [5.74, 6) is 2.52. The number of thioether (sulfide) groups is 1. The Morgan fingerprint density at radius 1 is 1.31 bits per heavy atom. The zero-order valence-electron chi connectivity index (χ0n) is 16.2. The Kier molecular flexibility index (Phi) is 6.25. The highest BCUT2D eigenvalue weighted by atomic mass is 32.2. The van der Waals surface area contributed by atoms with Crippen LogP contribution in [0.25, 0.3) is 11.3 Å². The molecule has 2 aromatic rings. The lowest BCUT2D eigenvalue weighted by Gasteiger charge is -2.30. The van der Waals surface area contributed by atoms with E-state index in [0.717, 1.165) is 36.5 Å². The SMILES string of the molecule is CC1CCCN(C(=O)CSCC(=O)Nc2nc(-c3ccc4c(c3)OCO4)cs2)C1. The topological polar surface area (TPSA) is 80.8 Å². The highest BCUT2D eigenvalue weighted by molar-refractivity contribution is 8.00. The molecule has 4 rings (SSSR count). The summed E-state index contributed by atoms with van der Waals surface area (Å²) in [5, 5.41) is 5.24. The van der Waals surface area contributed by atoms with Crippen LogP contribution in [-0.4, -0.2) is 53.1 Å². The van der Waals surface area contributed by atoms with Crippen molar-refractivity contribution in [1.82, 2.24) is 9.88 Å². The number of nitrogens with one attached hydrogen (secondary N) is 1. The Balaban J connectivity index is 1.24. The van der Waals surface area contributed by atoms with Crippen LogP contribution in [-0.2, 0) is 9.59 Å². The van der Waals surface area contributed by atoms with Crippen LogP contribution in [0.5, 0.6) is 11.5 Å². The molecule has 1 aromatic heterocycles. The van der Waals surface area contributed by atoms with Gasteiger partial charge in [-0.25, -0.2) is 4.98 Å². The quantitative estimate of drug-likeness (QED) is 0.751. The lowest BCUT2D eigenvalue weighted by molar-refractivity contribution is -0.130. The minimum atomic E-state index is -0.151. The molecule has 9 heteroatoms. The summed E-state index contributed by atoms with van der Waals surface area (Å²) >= 11 is 2.71. The number of thiazole rings is 1. The van der Waals surface area contributed by atoms with Crippen LogP contribution in [0.15, 0.2) is 23.6 Å². The van der Waals surface area contributed by atoms with Gasteiger partial charge >= 0.3 is 0 Å². The van der Waals surface area contributed by atoms with E-state index >= 15 is 0 Å². The van der Waals surface area contributed by atoms with Crippen molar-refractivity contribution in [3.8, 4) is 22.8 Å². The van der Waals surface area contributed by atoms with Gasteiger partial charge in [0, 0.05) is 24.0 Å². The molecule has 3 heterocycles. The second-order valence-electron chi connectivity index (χ2n) is 7.23. The largest absolute Gasteiger partial charge is 0.454 e. The fourth-order valence-corrected chi connectivity index (χ4v) is 4.87. The zero-order chi connectivity index (χ0) is 20.2. The fourth-order valence-electron chi connectivity index (χ4n) is 3.41. The molecular formula is C20H23N3O4S2. The third-order valence-electron chi connectivity index (χ3n) is 4.89. The van der Waals surface area contributed by atoms with Crippen molar-refractivity contribution < 1.29 is 19.1 Å². The second-order valence-corrected chi connectivity index (χ2v) is 9.08. The number of hydrogen-bond donors (Lipinski definition) is 1. The van der Waals surface area contributed by atoms with E-state index in [1.807, 2.05) is 28.5 Å². The van der Waals surface area contributed by atoms with Gasteiger partial charge in [-0.15, -0.1) is 23.1 Å². The van der Waals surface area contributed by atoms with Crippen LogP contribution < -0.4 is 14.8 Å². The summed E-state index contributed by atoms with van der Waals surface area (Å²) in [6.07, 6.45) is 2.25. The minimum absolute atomic E-state index is 0.119. The number of amides is 2. The Morgan fingerprint density at radius 3 is 3.03 bits per heavy atom. The molecule has 7 nitrogen and oxygen atoms in total. The number of carbonyl (C=O) groups excluding carboxylic acids is 2. The number of fused-ring (bicyclic) bond motifs is 1. The van der Waals surface area contributed by atoms with Crippen molar-refractivity contribution in [3.63, 3.8) is 0 Å². The Hall–Kier alpha value is -2.26. The molecule has 1 saturated heterocycles. The third kappa shape index (κ3) is 5.02. The van der Waals surface area contributed by atoms with E-state index in [2.05, 4.69) is 17.2 Å². The molecule has 1 N–H and O–H groups in total. The van der Waals surface area contributed by atoms with Crippen LogP contribution in [0, 0.1) is 5.92 Å². The van der Waals surface area contributed by atoms with E-state index < -0.39 is 0 Å². The number of likely N-dealkylation sites (tertiary alicyclic amines) is 1. The number of carbonyl (C=O) groups is 2. The highest BCUT2D eigenvalue weighted by Crippen LogP contribution is 2.36. The van der Waals surface area contributed by atoms with Crippen molar-refractivity contribution >= 4 is 40.0 Å². The standard InChI is InChI=1S/C20H23N3O4S2/c1-13-3-2-6-23(8-13)19(25)11-28-10-18(24)22-20-21-15(9-29-20)14-4-5-16-17(7-14)27-12-26-16/h4-5,7,9,13H,2-3,6,8,10-12H2,1H3,(H,21,22,24). The number of nitrogens with zero attached hydrogens (tertiary/aromatic N) is 2. The molecule has 0 spiro atoms. The van der Waals surface area contributed by atoms with Crippen LogP contribution in [0.2, 0.25) is 0 Å². The van der Waals surface area contributed by atoms with Crippen molar-refractivity contribution in [2.75, 3.05) is 36.7 Å². The minimum Gasteiger partial charge on any atom is -0.454 e. The summed E-state index contributed by atoms with van der Waals surface area (Å²) in [5.41, 5.74) is 1.67. The van der Waals surface area contributed by atoms with Gasteiger partial charge in [0.05, 0.1) is 17.2 Å². The van der Waals surface area contributed by atoms with Crippen molar-refractivity contribution in [1.29, 1.82) is 0 Å². The molecule has 1 atom stereocenters. The van der Waals surface area contributed by atoms with E-state index in [0.29, 0.717) is 22.6 Å². The summed E-state index contributed by atoms with van der Waals surface area (Å²) in [7, 11) is 0. The molecular weight excluding hydrogens is 410 g/mol. The normalized spacial score (nSPS) is 18.0. The third-order valence-corrected chi connectivity index (χ3v) is 6.56. The molecule has 2 amide bonds. The first-order valence-corrected chi connectivity index (χ1v) is 11.6.